The topological polar surface area (TPSA) is 34.1 Å². The molecule has 0 saturated carbocycles. The standard InChI is InChI=1S/C8H12O2S/c1-3-7-5-6-8(4-2)11(7,9)10/h5-6H,3-4H2,1-2H3. The highest BCUT2D eigenvalue weighted by Gasteiger charge is 2.23. The van der Waals surface area contributed by atoms with Crippen LogP contribution in [0.1, 0.15) is 26.7 Å². The van der Waals surface area contributed by atoms with Gasteiger partial charge in [-0.2, -0.15) is 0 Å². The molecule has 2 nitrogen and oxygen atoms in total. The molecular weight excluding hydrogens is 160 g/mol. The fourth-order valence-corrected chi connectivity index (χ4v) is 2.74. The molecule has 3 heteroatoms. The highest BCUT2D eigenvalue weighted by molar-refractivity contribution is 7.99. The smallest absolute Gasteiger partial charge is 0.198 e. The minimum atomic E-state index is -3.01. The van der Waals surface area contributed by atoms with Crippen LogP contribution in [-0.4, -0.2) is 8.42 Å². The second-order valence-electron chi connectivity index (χ2n) is 2.48. The molecule has 11 heavy (non-hydrogen) atoms. The quantitative estimate of drug-likeness (QED) is 0.638. The molecule has 0 amide bonds. The van der Waals surface area contributed by atoms with E-state index in [-0.39, 0.29) is 0 Å². The summed E-state index contributed by atoms with van der Waals surface area (Å²) in [5.74, 6) is 0. The zero-order valence-corrected chi connectivity index (χ0v) is 7.61. The summed E-state index contributed by atoms with van der Waals surface area (Å²) in [4.78, 5) is 1.10. The molecule has 0 N–H and O–H groups in total. The SMILES string of the molecule is CCC1=CC=C(CC)S1(=O)=O. The van der Waals surface area contributed by atoms with Gasteiger partial charge in [0.1, 0.15) is 0 Å². The molecule has 0 aromatic rings. The highest BCUT2D eigenvalue weighted by Crippen LogP contribution is 2.27. The van der Waals surface area contributed by atoms with Crippen LogP contribution in [0.25, 0.3) is 0 Å². The minimum Gasteiger partial charge on any atom is -0.219 e. The van der Waals surface area contributed by atoms with Gasteiger partial charge in [0, 0.05) is 9.81 Å². The van der Waals surface area contributed by atoms with Gasteiger partial charge in [-0.15, -0.1) is 0 Å². The third-order valence-electron chi connectivity index (χ3n) is 1.84. The summed E-state index contributed by atoms with van der Waals surface area (Å²) in [6.45, 7) is 3.71. The van der Waals surface area contributed by atoms with Crippen LogP contribution in [0, 0.1) is 0 Å². The summed E-state index contributed by atoms with van der Waals surface area (Å²) >= 11 is 0. The van der Waals surface area contributed by atoms with Gasteiger partial charge in [-0.3, -0.25) is 0 Å². The normalized spacial score (nSPS) is 21.3. The first kappa shape index (κ1) is 8.53. The van der Waals surface area contributed by atoms with Crippen molar-refractivity contribution in [3.63, 3.8) is 0 Å². The summed E-state index contributed by atoms with van der Waals surface area (Å²) in [5.41, 5.74) is 0. The molecule has 0 aromatic carbocycles. The molecule has 0 radical (unpaired) electrons. The lowest BCUT2D eigenvalue weighted by atomic mass is 10.3. The molecule has 1 heterocycles. The first-order chi connectivity index (χ1) is 5.12. The lowest BCUT2D eigenvalue weighted by molar-refractivity contribution is 0.606. The number of hydrogen-bond donors (Lipinski definition) is 0. The van der Waals surface area contributed by atoms with Crippen molar-refractivity contribution in [2.75, 3.05) is 0 Å². The molecule has 62 valence electrons. The predicted octanol–water partition coefficient (Wildman–Crippen LogP) is 2.00. The Hall–Kier alpha value is -0.570. The Bertz CT molecular complexity index is 281. The Labute approximate surface area is 67.5 Å². The first-order valence-corrected chi connectivity index (χ1v) is 5.26. The molecule has 1 aliphatic heterocycles. The van der Waals surface area contributed by atoms with E-state index in [0.29, 0.717) is 22.7 Å². The Balaban J connectivity index is 3.05. The molecule has 1 aliphatic rings. The minimum absolute atomic E-state index is 0.550. The van der Waals surface area contributed by atoms with Crippen LogP contribution in [0.5, 0.6) is 0 Å². The van der Waals surface area contributed by atoms with Crippen LogP contribution >= 0.6 is 0 Å². The van der Waals surface area contributed by atoms with Crippen LogP contribution in [0.2, 0.25) is 0 Å². The predicted molar refractivity (Wildman–Crippen MR) is 45.7 cm³/mol. The summed E-state index contributed by atoms with van der Waals surface area (Å²) in [6, 6.07) is 0. The number of sulfone groups is 1. The molecule has 0 aliphatic carbocycles. The van der Waals surface area contributed by atoms with Crippen molar-refractivity contribution < 1.29 is 8.42 Å². The van der Waals surface area contributed by atoms with E-state index in [1.807, 2.05) is 13.8 Å². The fourth-order valence-electron chi connectivity index (χ4n) is 1.15. The van der Waals surface area contributed by atoms with Crippen molar-refractivity contribution in [1.29, 1.82) is 0 Å². The average molecular weight is 172 g/mol. The largest absolute Gasteiger partial charge is 0.219 e. The fraction of sp³-hybridized carbons (Fsp3) is 0.500. The van der Waals surface area contributed by atoms with Gasteiger partial charge in [0.15, 0.2) is 9.84 Å². The van der Waals surface area contributed by atoms with E-state index in [1.165, 1.54) is 0 Å². The van der Waals surface area contributed by atoms with E-state index >= 15 is 0 Å². The number of hydrogen-bond acceptors (Lipinski definition) is 2. The summed E-state index contributed by atoms with van der Waals surface area (Å²) < 4.78 is 22.8. The van der Waals surface area contributed by atoms with Crippen LogP contribution in [0.3, 0.4) is 0 Å². The van der Waals surface area contributed by atoms with E-state index in [9.17, 15) is 8.42 Å². The summed E-state index contributed by atoms with van der Waals surface area (Å²) in [5, 5.41) is 0. The van der Waals surface area contributed by atoms with Gasteiger partial charge in [-0.25, -0.2) is 8.42 Å². The maximum absolute atomic E-state index is 11.4. The van der Waals surface area contributed by atoms with Crippen LogP contribution < -0.4 is 0 Å². The van der Waals surface area contributed by atoms with E-state index < -0.39 is 9.84 Å². The maximum Gasteiger partial charge on any atom is 0.198 e. The van der Waals surface area contributed by atoms with Gasteiger partial charge < -0.3 is 0 Å². The second kappa shape index (κ2) is 2.81. The van der Waals surface area contributed by atoms with Crippen molar-refractivity contribution in [3.05, 3.63) is 22.0 Å². The summed E-state index contributed by atoms with van der Waals surface area (Å²) in [7, 11) is -3.01. The lowest BCUT2D eigenvalue weighted by Crippen LogP contribution is -2.01. The lowest BCUT2D eigenvalue weighted by Gasteiger charge is -2.01. The Morgan fingerprint density at radius 2 is 1.45 bits per heavy atom. The van der Waals surface area contributed by atoms with E-state index in [0.717, 1.165) is 0 Å². The Morgan fingerprint density at radius 1 is 1.09 bits per heavy atom. The van der Waals surface area contributed by atoms with Gasteiger partial charge in [-0.05, 0) is 25.0 Å². The van der Waals surface area contributed by atoms with Gasteiger partial charge in [0.05, 0.1) is 0 Å². The molecular formula is C8H12O2S. The molecule has 0 atom stereocenters. The number of rotatable bonds is 2. The van der Waals surface area contributed by atoms with Gasteiger partial charge in [0.25, 0.3) is 0 Å². The Kier molecular flexibility index (Phi) is 2.18. The van der Waals surface area contributed by atoms with Crippen molar-refractivity contribution >= 4 is 9.84 Å². The van der Waals surface area contributed by atoms with Gasteiger partial charge in [0.2, 0.25) is 0 Å². The van der Waals surface area contributed by atoms with Gasteiger partial charge in [-0.1, -0.05) is 13.8 Å². The number of allylic oxidation sites excluding steroid dienone is 4. The summed E-state index contributed by atoms with van der Waals surface area (Å²) in [6.07, 6.45) is 4.60. The van der Waals surface area contributed by atoms with Crippen LogP contribution in [0.15, 0.2) is 22.0 Å². The molecule has 0 unspecified atom stereocenters. The zero-order chi connectivity index (χ0) is 8.48. The van der Waals surface area contributed by atoms with Crippen molar-refractivity contribution in [2.45, 2.75) is 26.7 Å². The molecule has 0 bridgehead atoms. The first-order valence-electron chi connectivity index (χ1n) is 3.77. The van der Waals surface area contributed by atoms with Crippen molar-refractivity contribution in [2.24, 2.45) is 0 Å². The van der Waals surface area contributed by atoms with E-state index in [1.54, 1.807) is 12.2 Å². The monoisotopic (exact) mass is 172 g/mol. The molecule has 0 saturated heterocycles. The van der Waals surface area contributed by atoms with E-state index in [4.69, 9.17) is 0 Å². The third-order valence-corrected chi connectivity index (χ3v) is 4.07. The molecule has 1 rings (SSSR count). The Morgan fingerprint density at radius 3 is 1.64 bits per heavy atom. The average Bonchev–Trinajstić information content (AvgIpc) is 2.24. The molecule has 0 aromatic heterocycles. The highest BCUT2D eigenvalue weighted by atomic mass is 32.2. The van der Waals surface area contributed by atoms with Gasteiger partial charge >= 0.3 is 0 Å². The maximum atomic E-state index is 11.4. The molecule has 0 spiro atoms. The van der Waals surface area contributed by atoms with Crippen molar-refractivity contribution in [1.82, 2.24) is 0 Å². The van der Waals surface area contributed by atoms with Crippen LogP contribution in [-0.2, 0) is 9.84 Å². The van der Waals surface area contributed by atoms with Crippen LogP contribution in [0.4, 0.5) is 0 Å². The van der Waals surface area contributed by atoms with Crippen molar-refractivity contribution in [3.8, 4) is 0 Å². The third kappa shape index (κ3) is 1.25. The zero-order valence-electron chi connectivity index (χ0n) is 6.79. The van der Waals surface area contributed by atoms with E-state index in [2.05, 4.69) is 0 Å². The second-order valence-corrected chi connectivity index (χ2v) is 4.53. The molecule has 0 fully saturated rings.